The maximum absolute atomic E-state index is 13.5. The SMILES string of the molecule is O=S(=O)(NCC(O)c1ccccc1F)c1cccc(F)c1F. The second-order valence-electron chi connectivity index (χ2n) is 4.44. The molecule has 0 saturated heterocycles. The third-order valence-corrected chi connectivity index (χ3v) is 4.38. The number of hydrogen-bond acceptors (Lipinski definition) is 3. The van der Waals surface area contributed by atoms with E-state index < -0.39 is 45.0 Å². The lowest BCUT2D eigenvalue weighted by atomic mass is 10.1. The fourth-order valence-electron chi connectivity index (χ4n) is 1.81. The van der Waals surface area contributed by atoms with Crippen LogP contribution in [0.15, 0.2) is 47.4 Å². The van der Waals surface area contributed by atoms with Crippen molar-refractivity contribution in [1.82, 2.24) is 4.72 Å². The molecule has 0 amide bonds. The Bertz CT molecular complexity index is 781. The molecule has 0 aliphatic carbocycles. The van der Waals surface area contributed by atoms with Crippen LogP contribution >= 0.6 is 0 Å². The van der Waals surface area contributed by atoms with Gasteiger partial charge in [-0.1, -0.05) is 24.3 Å². The molecular weight excluding hydrogens is 319 g/mol. The van der Waals surface area contributed by atoms with Gasteiger partial charge in [0, 0.05) is 12.1 Å². The van der Waals surface area contributed by atoms with Crippen LogP contribution in [0.2, 0.25) is 0 Å². The van der Waals surface area contributed by atoms with E-state index in [4.69, 9.17) is 0 Å². The van der Waals surface area contributed by atoms with Crippen LogP contribution in [0.3, 0.4) is 0 Å². The second-order valence-corrected chi connectivity index (χ2v) is 6.18. The van der Waals surface area contributed by atoms with Gasteiger partial charge in [0.15, 0.2) is 11.6 Å². The van der Waals surface area contributed by atoms with Gasteiger partial charge in [0.1, 0.15) is 10.7 Å². The van der Waals surface area contributed by atoms with E-state index in [1.54, 1.807) is 0 Å². The molecule has 0 spiro atoms. The maximum Gasteiger partial charge on any atom is 0.243 e. The van der Waals surface area contributed by atoms with Crippen molar-refractivity contribution in [2.24, 2.45) is 0 Å². The molecule has 0 aliphatic heterocycles. The third-order valence-electron chi connectivity index (χ3n) is 2.94. The summed E-state index contributed by atoms with van der Waals surface area (Å²) in [6.45, 7) is -0.584. The van der Waals surface area contributed by atoms with Gasteiger partial charge in [-0.3, -0.25) is 0 Å². The molecule has 2 aromatic rings. The van der Waals surface area contributed by atoms with Crippen LogP contribution in [0.1, 0.15) is 11.7 Å². The Morgan fingerprint density at radius 3 is 2.32 bits per heavy atom. The predicted molar refractivity (Wildman–Crippen MR) is 72.9 cm³/mol. The van der Waals surface area contributed by atoms with Gasteiger partial charge < -0.3 is 5.11 Å². The van der Waals surface area contributed by atoms with Crippen molar-refractivity contribution in [3.05, 3.63) is 65.5 Å². The third kappa shape index (κ3) is 3.46. The Hall–Kier alpha value is -1.90. The number of sulfonamides is 1. The molecular formula is C14H12F3NO3S. The highest BCUT2D eigenvalue weighted by Crippen LogP contribution is 2.19. The number of halogens is 3. The summed E-state index contributed by atoms with van der Waals surface area (Å²) in [4.78, 5) is -0.881. The summed E-state index contributed by atoms with van der Waals surface area (Å²) in [6.07, 6.45) is -1.47. The van der Waals surface area contributed by atoms with E-state index in [-0.39, 0.29) is 5.56 Å². The van der Waals surface area contributed by atoms with Crippen LogP contribution in [0, 0.1) is 17.5 Å². The molecule has 22 heavy (non-hydrogen) atoms. The summed E-state index contributed by atoms with van der Waals surface area (Å²) in [5.41, 5.74) is -0.107. The van der Waals surface area contributed by atoms with Crippen LogP contribution < -0.4 is 4.72 Å². The smallest absolute Gasteiger partial charge is 0.243 e. The van der Waals surface area contributed by atoms with Crippen molar-refractivity contribution >= 4 is 10.0 Å². The predicted octanol–water partition coefficient (Wildman–Crippen LogP) is 2.12. The number of nitrogens with one attached hydrogen (secondary N) is 1. The lowest BCUT2D eigenvalue weighted by molar-refractivity contribution is 0.177. The van der Waals surface area contributed by atoms with Gasteiger partial charge in [-0.15, -0.1) is 0 Å². The minimum Gasteiger partial charge on any atom is -0.387 e. The molecule has 0 saturated carbocycles. The molecule has 4 nitrogen and oxygen atoms in total. The molecule has 1 unspecified atom stereocenters. The average Bonchev–Trinajstić information content (AvgIpc) is 2.48. The fraction of sp³-hybridized carbons (Fsp3) is 0.143. The molecule has 118 valence electrons. The fourth-order valence-corrected chi connectivity index (χ4v) is 2.94. The number of hydrogen-bond donors (Lipinski definition) is 2. The zero-order valence-corrected chi connectivity index (χ0v) is 11.9. The average molecular weight is 331 g/mol. The number of aliphatic hydroxyl groups is 1. The molecule has 0 radical (unpaired) electrons. The van der Waals surface area contributed by atoms with Crippen LogP contribution in [0.5, 0.6) is 0 Å². The lowest BCUT2D eigenvalue weighted by Gasteiger charge is -2.13. The summed E-state index contributed by atoms with van der Waals surface area (Å²) in [7, 11) is -4.38. The Kier molecular flexibility index (Phi) is 4.84. The largest absolute Gasteiger partial charge is 0.387 e. The monoisotopic (exact) mass is 331 g/mol. The summed E-state index contributed by atoms with van der Waals surface area (Å²) in [6, 6.07) is 8.00. The van der Waals surface area contributed by atoms with Gasteiger partial charge in [-0.2, -0.15) is 0 Å². The van der Waals surface area contributed by atoms with Gasteiger partial charge in [-0.25, -0.2) is 26.3 Å². The molecule has 0 bridgehead atoms. The van der Waals surface area contributed by atoms with Crippen LogP contribution in [0.25, 0.3) is 0 Å². The molecule has 0 aliphatic rings. The van der Waals surface area contributed by atoms with E-state index in [1.807, 2.05) is 4.72 Å². The first kappa shape index (κ1) is 16.5. The Balaban J connectivity index is 2.17. The first-order chi connectivity index (χ1) is 10.3. The van der Waals surface area contributed by atoms with Crippen molar-refractivity contribution < 1.29 is 26.7 Å². The quantitative estimate of drug-likeness (QED) is 0.882. The van der Waals surface area contributed by atoms with Gasteiger partial charge in [0.05, 0.1) is 6.10 Å². The van der Waals surface area contributed by atoms with Crippen molar-refractivity contribution in [2.45, 2.75) is 11.0 Å². The zero-order chi connectivity index (χ0) is 16.3. The normalized spacial score (nSPS) is 13.1. The molecule has 0 aromatic heterocycles. The van der Waals surface area contributed by atoms with Crippen LogP contribution in [0.4, 0.5) is 13.2 Å². The molecule has 2 N–H and O–H groups in total. The topological polar surface area (TPSA) is 66.4 Å². The first-order valence-corrected chi connectivity index (χ1v) is 7.67. The molecule has 8 heteroatoms. The van der Waals surface area contributed by atoms with Crippen molar-refractivity contribution in [3.8, 4) is 0 Å². The highest BCUT2D eigenvalue weighted by molar-refractivity contribution is 7.89. The number of aliphatic hydroxyl groups excluding tert-OH is 1. The number of rotatable bonds is 5. The molecule has 0 fully saturated rings. The van der Waals surface area contributed by atoms with Crippen molar-refractivity contribution in [3.63, 3.8) is 0 Å². The molecule has 2 rings (SSSR count). The first-order valence-electron chi connectivity index (χ1n) is 6.19. The summed E-state index contributed by atoms with van der Waals surface area (Å²) >= 11 is 0. The molecule has 0 heterocycles. The standard InChI is InChI=1S/C14H12F3NO3S/c15-10-5-2-1-4-9(10)12(19)8-18-22(20,21)13-7-3-6-11(16)14(13)17/h1-7,12,18-19H,8H2. The van der Waals surface area contributed by atoms with E-state index in [2.05, 4.69) is 0 Å². The zero-order valence-electron chi connectivity index (χ0n) is 11.1. The van der Waals surface area contributed by atoms with E-state index in [0.29, 0.717) is 0 Å². The van der Waals surface area contributed by atoms with E-state index in [9.17, 15) is 26.7 Å². The van der Waals surface area contributed by atoms with Gasteiger partial charge in [-0.05, 0) is 18.2 Å². The number of benzene rings is 2. The van der Waals surface area contributed by atoms with Crippen molar-refractivity contribution in [2.75, 3.05) is 6.54 Å². The summed E-state index contributed by atoms with van der Waals surface area (Å²) in [5.74, 6) is -3.53. The molecule has 1 atom stereocenters. The lowest BCUT2D eigenvalue weighted by Crippen LogP contribution is -2.29. The van der Waals surface area contributed by atoms with E-state index >= 15 is 0 Å². The summed E-state index contributed by atoms with van der Waals surface area (Å²) in [5, 5.41) is 9.80. The van der Waals surface area contributed by atoms with E-state index in [1.165, 1.54) is 18.2 Å². The molecule has 2 aromatic carbocycles. The van der Waals surface area contributed by atoms with E-state index in [0.717, 1.165) is 24.3 Å². The minimum atomic E-state index is -4.38. The Labute approximate surface area is 125 Å². The Morgan fingerprint density at radius 2 is 1.64 bits per heavy atom. The van der Waals surface area contributed by atoms with Crippen LogP contribution in [-0.2, 0) is 10.0 Å². The van der Waals surface area contributed by atoms with Gasteiger partial charge in [0.25, 0.3) is 0 Å². The highest BCUT2D eigenvalue weighted by Gasteiger charge is 2.23. The van der Waals surface area contributed by atoms with Crippen molar-refractivity contribution in [1.29, 1.82) is 0 Å². The minimum absolute atomic E-state index is 0.107. The van der Waals surface area contributed by atoms with Gasteiger partial charge in [0.2, 0.25) is 10.0 Å². The second kappa shape index (κ2) is 6.47. The maximum atomic E-state index is 13.5. The highest BCUT2D eigenvalue weighted by atomic mass is 32.2. The summed E-state index contributed by atoms with van der Waals surface area (Å²) < 4.78 is 65.7. The Morgan fingerprint density at radius 1 is 1.00 bits per heavy atom. The van der Waals surface area contributed by atoms with Crippen LogP contribution in [-0.4, -0.2) is 20.1 Å². The van der Waals surface area contributed by atoms with Gasteiger partial charge >= 0.3 is 0 Å².